The molecule has 7 heteroatoms. The van der Waals surface area contributed by atoms with Crippen molar-refractivity contribution < 1.29 is 9.59 Å². The topological polar surface area (TPSA) is 52.7 Å². The van der Waals surface area contributed by atoms with E-state index in [9.17, 15) is 9.59 Å². The second-order valence-electron chi connectivity index (χ2n) is 6.52. The molecule has 0 heterocycles. The van der Waals surface area contributed by atoms with Gasteiger partial charge in [-0.2, -0.15) is 0 Å². The van der Waals surface area contributed by atoms with Gasteiger partial charge in [-0.15, -0.1) is 0 Å². The van der Waals surface area contributed by atoms with E-state index in [1.54, 1.807) is 41.3 Å². The predicted octanol–water partition coefficient (Wildman–Crippen LogP) is 4.55. The zero-order valence-electron chi connectivity index (χ0n) is 16.3. The minimum atomic E-state index is -0.134. The third-order valence-corrected chi connectivity index (χ3v) is 5.06. The molecule has 5 nitrogen and oxygen atoms in total. The lowest BCUT2D eigenvalue weighted by molar-refractivity contribution is -0.117. The molecule has 0 fully saturated rings. The van der Waals surface area contributed by atoms with Crippen LogP contribution in [-0.4, -0.2) is 48.3 Å². The molecule has 0 saturated carbocycles. The minimum Gasteiger partial charge on any atom is -0.339 e. The van der Waals surface area contributed by atoms with Crippen molar-refractivity contribution in [3.8, 4) is 0 Å². The monoisotopic (exact) mass is 421 g/mol. The summed E-state index contributed by atoms with van der Waals surface area (Å²) in [6.45, 7) is 6.02. The van der Waals surface area contributed by atoms with Gasteiger partial charge in [0.05, 0.1) is 16.6 Å². The summed E-state index contributed by atoms with van der Waals surface area (Å²) in [5, 5.41) is 3.85. The lowest BCUT2D eigenvalue weighted by Gasteiger charge is -2.19. The van der Waals surface area contributed by atoms with Crippen molar-refractivity contribution >= 4 is 40.7 Å². The Morgan fingerprint density at radius 1 is 0.964 bits per heavy atom. The van der Waals surface area contributed by atoms with Crippen LogP contribution in [0.2, 0.25) is 10.0 Å². The fourth-order valence-electron chi connectivity index (χ4n) is 2.84. The van der Waals surface area contributed by atoms with Gasteiger partial charge in [0, 0.05) is 30.9 Å². The van der Waals surface area contributed by atoms with Crippen LogP contribution < -0.4 is 5.32 Å². The van der Waals surface area contributed by atoms with Crippen molar-refractivity contribution in [2.24, 2.45) is 0 Å². The minimum absolute atomic E-state index is 0.00997. The van der Waals surface area contributed by atoms with Gasteiger partial charge in [-0.05, 0) is 62.9 Å². The number of rotatable bonds is 8. The van der Waals surface area contributed by atoms with Crippen LogP contribution in [-0.2, 0) is 11.3 Å². The fraction of sp³-hybridized carbons (Fsp3) is 0.333. The van der Waals surface area contributed by atoms with Gasteiger partial charge in [0.1, 0.15) is 0 Å². The van der Waals surface area contributed by atoms with Crippen molar-refractivity contribution in [1.82, 2.24) is 9.80 Å². The highest BCUT2D eigenvalue weighted by atomic mass is 35.5. The van der Waals surface area contributed by atoms with Crippen LogP contribution in [0.25, 0.3) is 0 Å². The number of amides is 2. The Bertz CT molecular complexity index is 821. The van der Waals surface area contributed by atoms with Crippen LogP contribution in [0.15, 0.2) is 42.5 Å². The fourth-order valence-corrected chi connectivity index (χ4v) is 3.16. The number of benzene rings is 2. The summed E-state index contributed by atoms with van der Waals surface area (Å²) in [7, 11) is 1.86. The molecular formula is C21H25Cl2N3O2. The SMILES string of the molecule is CCN(CC)C(=O)c1ccc(NC(=O)CN(C)Cc2ccc(Cl)c(Cl)c2)cc1. The molecule has 2 aromatic rings. The van der Waals surface area contributed by atoms with E-state index in [2.05, 4.69) is 5.32 Å². The molecule has 0 atom stereocenters. The molecule has 0 saturated heterocycles. The number of nitrogens with zero attached hydrogens (tertiary/aromatic N) is 2. The number of hydrogen-bond donors (Lipinski definition) is 1. The molecule has 0 aliphatic heterocycles. The number of likely N-dealkylation sites (N-methyl/N-ethyl adjacent to an activating group) is 1. The van der Waals surface area contributed by atoms with Crippen molar-refractivity contribution in [3.05, 3.63) is 63.6 Å². The average Bonchev–Trinajstić information content (AvgIpc) is 2.66. The molecule has 2 aromatic carbocycles. The van der Waals surface area contributed by atoms with Crippen molar-refractivity contribution in [1.29, 1.82) is 0 Å². The Labute approximate surface area is 176 Å². The summed E-state index contributed by atoms with van der Waals surface area (Å²) in [6.07, 6.45) is 0. The van der Waals surface area contributed by atoms with E-state index < -0.39 is 0 Å². The highest BCUT2D eigenvalue weighted by molar-refractivity contribution is 6.42. The predicted molar refractivity (Wildman–Crippen MR) is 115 cm³/mol. The Hall–Kier alpha value is -2.08. The lowest BCUT2D eigenvalue weighted by Crippen LogP contribution is -2.30. The number of hydrogen-bond acceptors (Lipinski definition) is 3. The van der Waals surface area contributed by atoms with Crippen molar-refractivity contribution in [3.63, 3.8) is 0 Å². The van der Waals surface area contributed by atoms with E-state index in [1.165, 1.54) is 0 Å². The van der Waals surface area contributed by atoms with Crippen LogP contribution in [0.1, 0.15) is 29.8 Å². The number of carbonyl (C=O) groups is 2. The van der Waals surface area contributed by atoms with E-state index in [4.69, 9.17) is 23.2 Å². The van der Waals surface area contributed by atoms with Gasteiger partial charge in [0.25, 0.3) is 5.91 Å². The molecule has 150 valence electrons. The molecule has 0 radical (unpaired) electrons. The molecule has 0 unspecified atom stereocenters. The molecule has 0 aliphatic carbocycles. The average molecular weight is 422 g/mol. The van der Waals surface area contributed by atoms with Gasteiger partial charge in [-0.1, -0.05) is 29.3 Å². The maximum absolute atomic E-state index is 12.3. The van der Waals surface area contributed by atoms with Crippen molar-refractivity contribution in [2.75, 3.05) is 32.0 Å². The highest BCUT2D eigenvalue weighted by Gasteiger charge is 2.13. The second-order valence-corrected chi connectivity index (χ2v) is 7.34. The van der Waals surface area contributed by atoms with E-state index in [-0.39, 0.29) is 18.4 Å². The standard InChI is InChI=1S/C21H25Cl2N3O2/c1-4-26(5-2)21(28)16-7-9-17(10-8-16)24-20(27)14-25(3)13-15-6-11-18(22)19(23)12-15/h6-12H,4-5,13-14H2,1-3H3,(H,24,27). The largest absolute Gasteiger partial charge is 0.339 e. The van der Waals surface area contributed by atoms with Crippen LogP contribution >= 0.6 is 23.2 Å². The molecular weight excluding hydrogens is 397 g/mol. The van der Waals surface area contributed by atoms with Gasteiger partial charge < -0.3 is 10.2 Å². The summed E-state index contributed by atoms with van der Waals surface area (Å²) in [4.78, 5) is 28.2. The van der Waals surface area contributed by atoms with Gasteiger partial charge in [-0.25, -0.2) is 0 Å². The highest BCUT2D eigenvalue weighted by Crippen LogP contribution is 2.23. The lowest BCUT2D eigenvalue weighted by atomic mass is 10.1. The number of anilines is 1. The zero-order chi connectivity index (χ0) is 20.7. The smallest absolute Gasteiger partial charge is 0.253 e. The normalized spacial score (nSPS) is 10.8. The number of nitrogens with one attached hydrogen (secondary N) is 1. The molecule has 2 amide bonds. The number of carbonyl (C=O) groups excluding carboxylic acids is 2. The molecule has 0 aliphatic rings. The first-order valence-corrected chi connectivity index (χ1v) is 9.91. The van der Waals surface area contributed by atoms with E-state index in [0.29, 0.717) is 40.9 Å². The summed E-state index contributed by atoms with van der Waals surface area (Å²) >= 11 is 11.9. The zero-order valence-corrected chi connectivity index (χ0v) is 17.8. The van der Waals surface area contributed by atoms with Gasteiger partial charge in [0.15, 0.2) is 0 Å². The van der Waals surface area contributed by atoms with Gasteiger partial charge >= 0.3 is 0 Å². The summed E-state index contributed by atoms with van der Waals surface area (Å²) in [5.74, 6) is -0.144. The molecule has 2 rings (SSSR count). The second kappa shape index (κ2) is 10.5. The Morgan fingerprint density at radius 2 is 1.61 bits per heavy atom. The van der Waals surface area contributed by atoms with Crippen molar-refractivity contribution in [2.45, 2.75) is 20.4 Å². The van der Waals surface area contributed by atoms with Gasteiger partial charge in [-0.3, -0.25) is 14.5 Å². The third-order valence-electron chi connectivity index (χ3n) is 4.32. The summed E-state index contributed by atoms with van der Waals surface area (Å²) in [5.41, 5.74) is 2.24. The van der Waals surface area contributed by atoms with E-state index in [1.807, 2.05) is 31.9 Å². The maximum atomic E-state index is 12.3. The van der Waals surface area contributed by atoms with E-state index in [0.717, 1.165) is 5.56 Å². The summed E-state index contributed by atoms with van der Waals surface area (Å²) in [6, 6.07) is 12.4. The summed E-state index contributed by atoms with van der Waals surface area (Å²) < 4.78 is 0. The quantitative estimate of drug-likeness (QED) is 0.680. The Balaban J connectivity index is 1.90. The first kappa shape index (κ1) is 22.2. The van der Waals surface area contributed by atoms with Crippen LogP contribution in [0.3, 0.4) is 0 Å². The molecule has 0 aromatic heterocycles. The Morgan fingerprint density at radius 3 is 2.18 bits per heavy atom. The van der Waals surface area contributed by atoms with Gasteiger partial charge in [0.2, 0.25) is 5.91 Å². The molecule has 28 heavy (non-hydrogen) atoms. The third kappa shape index (κ3) is 6.23. The van der Waals surface area contributed by atoms with Crippen LogP contribution in [0.5, 0.6) is 0 Å². The van der Waals surface area contributed by atoms with E-state index >= 15 is 0 Å². The molecule has 0 spiro atoms. The maximum Gasteiger partial charge on any atom is 0.253 e. The Kier molecular flexibility index (Phi) is 8.30. The molecule has 0 bridgehead atoms. The van der Waals surface area contributed by atoms with Crippen LogP contribution in [0, 0.1) is 0 Å². The first-order chi connectivity index (χ1) is 13.3. The van der Waals surface area contributed by atoms with Crippen LogP contribution in [0.4, 0.5) is 5.69 Å². The first-order valence-electron chi connectivity index (χ1n) is 9.15. The molecule has 1 N–H and O–H groups in total. The number of halogens is 2.